The van der Waals surface area contributed by atoms with Crippen LogP contribution in [-0.4, -0.2) is 23.3 Å². The van der Waals surface area contributed by atoms with E-state index in [1.807, 2.05) is 12.1 Å². The van der Waals surface area contributed by atoms with Crippen molar-refractivity contribution in [1.29, 1.82) is 0 Å². The quantitative estimate of drug-likeness (QED) is 0.772. The summed E-state index contributed by atoms with van der Waals surface area (Å²) in [6, 6.07) is 1.94. The minimum absolute atomic E-state index is 0.295. The van der Waals surface area contributed by atoms with Gasteiger partial charge in [0, 0.05) is 6.20 Å². The molecule has 1 aromatic heterocycles. The van der Waals surface area contributed by atoms with Crippen LogP contribution in [-0.2, 0) is 0 Å². The van der Waals surface area contributed by atoms with Crippen molar-refractivity contribution in [3.8, 4) is 5.75 Å². The number of hydrogen-bond donors (Lipinski definition) is 1. The third-order valence-corrected chi connectivity index (χ3v) is 2.42. The number of pyridine rings is 1. The minimum atomic E-state index is -0.295. The van der Waals surface area contributed by atoms with Gasteiger partial charge in [-0.3, -0.25) is 4.98 Å². The molecule has 1 N–H and O–H groups in total. The van der Waals surface area contributed by atoms with Crippen molar-refractivity contribution < 1.29 is 9.84 Å². The van der Waals surface area contributed by atoms with E-state index in [4.69, 9.17) is 4.74 Å². The molecular weight excluding hydrogens is 178 g/mol. The molecule has 0 bridgehead atoms. The first-order chi connectivity index (χ1) is 6.79. The topological polar surface area (TPSA) is 42.4 Å². The maximum atomic E-state index is 9.36. The van der Waals surface area contributed by atoms with Crippen molar-refractivity contribution in [2.45, 2.75) is 18.9 Å². The maximum absolute atomic E-state index is 9.36. The Balaban J connectivity index is 2.28. The van der Waals surface area contributed by atoms with E-state index in [-0.39, 0.29) is 6.10 Å². The Kier molecular flexibility index (Phi) is 2.50. The normalized spacial score (nSPS) is 20.7. The fourth-order valence-electron chi connectivity index (χ4n) is 1.65. The molecule has 14 heavy (non-hydrogen) atoms. The van der Waals surface area contributed by atoms with Crippen LogP contribution in [0.3, 0.4) is 0 Å². The van der Waals surface area contributed by atoms with Crippen LogP contribution in [0.4, 0.5) is 0 Å². The third-order valence-electron chi connectivity index (χ3n) is 2.42. The zero-order valence-electron chi connectivity index (χ0n) is 8.10. The summed E-state index contributed by atoms with van der Waals surface area (Å²) < 4.78 is 5.09. The second-order valence-corrected chi connectivity index (χ2v) is 3.41. The highest BCUT2D eigenvalue weighted by atomic mass is 16.5. The average Bonchev–Trinajstić information content (AvgIpc) is 2.65. The van der Waals surface area contributed by atoms with Crippen LogP contribution < -0.4 is 4.74 Å². The van der Waals surface area contributed by atoms with Crippen LogP contribution in [0.5, 0.6) is 5.75 Å². The number of ether oxygens (including phenoxy) is 1. The molecule has 0 amide bonds. The van der Waals surface area contributed by atoms with E-state index >= 15 is 0 Å². The minimum Gasteiger partial charge on any atom is -0.495 e. The molecule has 0 saturated carbocycles. The highest BCUT2D eigenvalue weighted by Gasteiger charge is 2.14. The fourth-order valence-corrected chi connectivity index (χ4v) is 1.65. The van der Waals surface area contributed by atoms with Gasteiger partial charge in [-0.15, -0.1) is 0 Å². The lowest BCUT2D eigenvalue weighted by Crippen LogP contribution is -1.93. The summed E-state index contributed by atoms with van der Waals surface area (Å²) in [5.41, 5.74) is 2.20. The molecular formula is C11H13NO2. The van der Waals surface area contributed by atoms with Gasteiger partial charge in [-0.05, 0) is 30.0 Å². The fraction of sp³-hybridized carbons (Fsp3) is 0.364. The summed E-state index contributed by atoms with van der Waals surface area (Å²) in [6.45, 7) is 0. The van der Waals surface area contributed by atoms with E-state index < -0.39 is 0 Å². The van der Waals surface area contributed by atoms with Crippen molar-refractivity contribution in [2.24, 2.45) is 0 Å². The highest BCUT2D eigenvalue weighted by Crippen LogP contribution is 2.28. The predicted molar refractivity (Wildman–Crippen MR) is 54.0 cm³/mol. The van der Waals surface area contributed by atoms with E-state index in [9.17, 15) is 5.11 Å². The smallest absolute Gasteiger partial charge is 0.137 e. The molecule has 0 spiro atoms. The number of methoxy groups -OCH3 is 1. The van der Waals surface area contributed by atoms with Gasteiger partial charge in [0.25, 0.3) is 0 Å². The number of hydrogen-bond acceptors (Lipinski definition) is 3. The van der Waals surface area contributed by atoms with Gasteiger partial charge in [0.2, 0.25) is 0 Å². The SMILES string of the molecule is COc1cncc(C2=CC(O)CC2)c1. The van der Waals surface area contributed by atoms with Gasteiger partial charge in [0.1, 0.15) is 5.75 Å². The summed E-state index contributed by atoms with van der Waals surface area (Å²) >= 11 is 0. The first-order valence-electron chi connectivity index (χ1n) is 4.68. The van der Waals surface area contributed by atoms with Gasteiger partial charge in [0.15, 0.2) is 0 Å². The molecule has 1 unspecified atom stereocenters. The second-order valence-electron chi connectivity index (χ2n) is 3.41. The van der Waals surface area contributed by atoms with Gasteiger partial charge in [-0.1, -0.05) is 6.08 Å². The number of nitrogens with zero attached hydrogens (tertiary/aromatic N) is 1. The molecule has 3 nitrogen and oxygen atoms in total. The third kappa shape index (κ3) is 1.77. The van der Waals surface area contributed by atoms with Crippen LogP contribution >= 0.6 is 0 Å². The summed E-state index contributed by atoms with van der Waals surface area (Å²) in [4.78, 5) is 4.08. The Morgan fingerprint density at radius 1 is 1.50 bits per heavy atom. The molecule has 1 aliphatic carbocycles. The van der Waals surface area contributed by atoms with Gasteiger partial charge in [-0.2, -0.15) is 0 Å². The zero-order valence-corrected chi connectivity index (χ0v) is 8.10. The first kappa shape index (κ1) is 9.21. The molecule has 1 aromatic rings. The van der Waals surface area contributed by atoms with Crippen LogP contribution in [0.1, 0.15) is 18.4 Å². The molecule has 1 aliphatic rings. The van der Waals surface area contributed by atoms with E-state index in [1.165, 1.54) is 0 Å². The van der Waals surface area contributed by atoms with E-state index in [0.717, 1.165) is 29.7 Å². The Bertz CT molecular complexity index is 360. The highest BCUT2D eigenvalue weighted by molar-refractivity contribution is 5.68. The van der Waals surface area contributed by atoms with Crippen molar-refractivity contribution >= 4 is 5.57 Å². The summed E-state index contributed by atoms with van der Waals surface area (Å²) in [5.74, 6) is 0.754. The van der Waals surface area contributed by atoms with E-state index in [1.54, 1.807) is 19.5 Å². The van der Waals surface area contributed by atoms with Crippen molar-refractivity contribution in [3.63, 3.8) is 0 Å². The second kappa shape index (κ2) is 3.80. The molecule has 0 aromatic carbocycles. The van der Waals surface area contributed by atoms with Crippen molar-refractivity contribution in [2.75, 3.05) is 7.11 Å². The molecule has 3 heteroatoms. The van der Waals surface area contributed by atoms with Crippen molar-refractivity contribution in [3.05, 3.63) is 30.1 Å². The van der Waals surface area contributed by atoms with Crippen LogP contribution in [0, 0.1) is 0 Å². The molecule has 1 atom stereocenters. The zero-order chi connectivity index (χ0) is 9.97. The summed E-state index contributed by atoms with van der Waals surface area (Å²) in [5, 5.41) is 9.36. The Morgan fingerprint density at radius 3 is 3.00 bits per heavy atom. The Morgan fingerprint density at radius 2 is 2.36 bits per heavy atom. The molecule has 2 rings (SSSR count). The average molecular weight is 191 g/mol. The summed E-state index contributed by atoms with van der Waals surface area (Å²) in [6.07, 6.45) is 6.79. The number of rotatable bonds is 2. The molecule has 1 heterocycles. The van der Waals surface area contributed by atoms with Gasteiger partial charge >= 0.3 is 0 Å². The monoisotopic (exact) mass is 191 g/mol. The predicted octanol–water partition coefficient (Wildman–Crippen LogP) is 1.63. The lowest BCUT2D eigenvalue weighted by Gasteiger charge is -2.03. The van der Waals surface area contributed by atoms with E-state index in [2.05, 4.69) is 4.98 Å². The Hall–Kier alpha value is -1.35. The lowest BCUT2D eigenvalue weighted by atomic mass is 10.1. The van der Waals surface area contributed by atoms with Crippen LogP contribution in [0.15, 0.2) is 24.5 Å². The molecule has 0 fully saturated rings. The standard InChI is InChI=1S/C11H13NO2/c1-14-11-5-9(6-12-7-11)8-2-3-10(13)4-8/h4-7,10,13H,2-3H2,1H3. The molecule has 0 radical (unpaired) electrons. The van der Waals surface area contributed by atoms with Crippen LogP contribution in [0.25, 0.3) is 5.57 Å². The molecule has 0 saturated heterocycles. The van der Waals surface area contributed by atoms with Gasteiger partial charge in [0.05, 0.1) is 19.4 Å². The number of aliphatic hydroxyl groups is 1. The number of aromatic nitrogens is 1. The first-order valence-corrected chi connectivity index (χ1v) is 4.68. The maximum Gasteiger partial charge on any atom is 0.137 e. The van der Waals surface area contributed by atoms with Crippen molar-refractivity contribution in [1.82, 2.24) is 4.98 Å². The van der Waals surface area contributed by atoms with Gasteiger partial charge < -0.3 is 9.84 Å². The number of allylic oxidation sites excluding steroid dienone is 1. The van der Waals surface area contributed by atoms with Crippen LogP contribution in [0.2, 0.25) is 0 Å². The summed E-state index contributed by atoms with van der Waals surface area (Å²) in [7, 11) is 1.62. The Labute approximate surface area is 83.1 Å². The largest absolute Gasteiger partial charge is 0.495 e. The number of aliphatic hydroxyl groups excluding tert-OH is 1. The molecule has 74 valence electrons. The molecule has 0 aliphatic heterocycles. The van der Waals surface area contributed by atoms with Gasteiger partial charge in [-0.25, -0.2) is 0 Å². The lowest BCUT2D eigenvalue weighted by molar-refractivity contribution is 0.223. The van der Waals surface area contributed by atoms with E-state index in [0.29, 0.717) is 0 Å².